The van der Waals surface area contributed by atoms with Crippen molar-refractivity contribution < 1.29 is 25.2 Å². The number of anilines is 1. The van der Waals surface area contributed by atoms with Crippen molar-refractivity contribution in [2.45, 2.75) is 19.1 Å². The lowest BCUT2D eigenvalue weighted by Crippen LogP contribution is -2.42. The first-order chi connectivity index (χ1) is 11.3. The zero-order valence-electron chi connectivity index (χ0n) is 12.4. The van der Waals surface area contributed by atoms with Crippen molar-refractivity contribution in [3.8, 4) is 11.4 Å². The van der Waals surface area contributed by atoms with E-state index in [1.807, 2.05) is 0 Å². The number of rotatable bonds is 5. The highest BCUT2D eigenvalue weighted by atomic mass is 19.4. The Kier molecular flexibility index (Phi) is 5.27. The third kappa shape index (κ3) is 4.86. The Bertz CT molecular complexity index is 718. The molecule has 0 aliphatic rings. The molecule has 0 spiro atoms. The number of halogens is 4. The molecule has 0 radical (unpaired) electrons. The first-order valence-electron chi connectivity index (χ1n) is 6.80. The third-order valence-electron chi connectivity index (χ3n) is 2.87. The van der Waals surface area contributed by atoms with Crippen LogP contribution >= 0.6 is 0 Å². The number of nitrogens with one attached hydrogen (secondary N) is 2. The second-order valence-corrected chi connectivity index (χ2v) is 4.83. The van der Waals surface area contributed by atoms with E-state index in [4.69, 9.17) is 0 Å². The van der Waals surface area contributed by atoms with Crippen molar-refractivity contribution in [3.05, 3.63) is 36.5 Å². The quantitative estimate of drug-likeness (QED) is 0.813. The molecule has 24 heavy (non-hydrogen) atoms. The third-order valence-corrected chi connectivity index (χ3v) is 2.87. The summed E-state index contributed by atoms with van der Waals surface area (Å²) in [5.41, 5.74) is 0.523. The topological polar surface area (TPSA) is 79.8 Å². The van der Waals surface area contributed by atoms with Gasteiger partial charge in [-0.2, -0.15) is 13.2 Å². The Morgan fingerprint density at radius 2 is 2.12 bits per heavy atom. The summed E-state index contributed by atoms with van der Waals surface area (Å²) < 4.78 is 50.0. The summed E-state index contributed by atoms with van der Waals surface area (Å²) in [7, 11) is 0. The van der Waals surface area contributed by atoms with E-state index in [0.717, 1.165) is 6.20 Å². The molecule has 1 amide bonds. The molecule has 0 bridgehead atoms. The van der Waals surface area contributed by atoms with E-state index in [1.54, 1.807) is 23.6 Å². The molecule has 0 saturated heterocycles. The van der Waals surface area contributed by atoms with Gasteiger partial charge >= 0.3 is 6.18 Å². The molecule has 2 N–H and O–H groups in total. The summed E-state index contributed by atoms with van der Waals surface area (Å²) in [6.07, 6.45) is -0.614. The van der Waals surface area contributed by atoms with Crippen LogP contribution in [0.2, 0.25) is 0 Å². The minimum absolute atomic E-state index is 0. The van der Waals surface area contributed by atoms with E-state index in [0.29, 0.717) is 5.56 Å². The second kappa shape index (κ2) is 7.20. The van der Waals surface area contributed by atoms with Crippen LogP contribution in [-0.4, -0.2) is 39.6 Å². The summed E-state index contributed by atoms with van der Waals surface area (Å²) >= 11 is 0. The number of carbonyl (C=O) groups excluding carboxylic acids is 1. The van der Waals surface area contributed by atoms with Crippen molar-refractivity contribution >= 4 is 11.7 Å². The average Bonchev–Trinajstić information content (AvgIpc) is 2.54. The maximum atomic E-state index is 13.8. The number of carbonyl (C=O) groups is 1. The van der Waals surface area contributed by atoms with E-state index in [-0.39, 0.29) is 14.5 Å². The van der Waals surface area contributed by atoms with Crippen LogP contribution in [0.5, 0.6) is 0 Å². The van der Waals surface area contributed by atoms with Gasteiger partial charge in [-0.15, -0.1) is 0 Å². The van der Waals surface area contributed by atoms with E-state index in [9.17, 15) is 22.4 Å². The molecule has 132 valence electrons. The second-order valence-electron chi connectivity index (χ2n) is 4.83. The van der Waals surface area contributed by atoms with Crippen LogP contribution in [0.3, 0.4) is 0 Å². The van der Waals surface area contributed by atoms with Crippen LogP contribution in [0.15, 0.2) is 30.7 Å². The van der Waals surface area contributed by atoms with Gasteiger partial charge in [0.15, 0.2) is 17.5 Å². The number of alkyl halides is 3. The molecule has 2 aromatic heterocycles. The van der Waals surface area contributed by atoms with Crippen LogP contribution < -0.4 is 10.6 Å². The smallest absolute Gasteiger partial charge is 0.356 e. The van der Waals surface area contributed by atoms with E-state index < -0.39 is 30.5 Å². The molecular formula is C14H17F4N5O. The van der Waals surface area contributed by atoms with Crippen LogP contribution in [0.25, 0.3) is 11.4 Å². The van der Waals surface area contributed by atoms with Gasteiger partial charge < -0.3 is 10.6 Å². The lowest BCUT2D eigenvalue weighted by atomic mass is 10.2. The highest BCUT2D eigenvalue weighted by Crippen LogP contribution is 2.18. The van der Waals surface area contributed by atoms with Gasteiger partial charge in [0.1, 0.15) is 12.6 Å². The predicted molar refractivity (Wildman–Crippen MR) is 81.6 cm³/mol. The van der Waals surface area contributed by atoms with Crippen LogP contribution in [0.1, 0.15) is 9.78 Å². The van der Waals surface area contributed by atoms with E-state index >= 15 is 0 Å². The summed E-state index contributed by atoms with van der Waals surface area (Å²) in [4.78, 5) is 23.2. The Balaban J connectivity index is 0.00000312. The molecule has 0 saturated carbocycles. The Hall–Kier alpha value is -2.78. The lowest BCUT2D eigenvalue weighted by Gasteiger charge is -2.16. The molecule has 0 aliphatic heterocycles. The minimum Gasteiger partial charge on any atom is -0.356 e. The van der Waals surface area contributed by atoms with Gasteiger partial charge in [0.25, 0.3) is 0 Å². The lowest BCUT2D eigenvalue weighted by molar-refractivity contribution is -0.138. The Morgan fingerprint density at radius 1 is 1.38 bits per heavy atom. The number of nitrogens with zero attached hydrogens (tertiary/aromatic N) is 3. The summed E-state index contributed by atoms with van der Waals surface area (Å²) in [5, 5.41) is 4.14. The standard InChI is InChI=1S/C14H13F4N5O.2H2/c1-8(13(24)21-7-14(16,17)18)22-12-10(15)6-20-11(23-12)9-3-2-4-19-5-9;;/h2-6,8H,7H2,1H3,(H,21,24)(H,20,22,23);2*1H/t8-;;/m0../s1. The summed E-state index contributed by atoms with van der Waals surface area (Å²) in [5.74, 6) is -1.90. The van der Waals surface area contributed by atoms with Crippen LogP contribution in [0, 0.1) is 5.82 Å². The van der Waals surface area contributed by atoms with Gasteiger partial charge in [0, 0.05) is 20.8 Å². The molecule has 0 unspecified atom stereocenters. The van der Waals surface area contributed by atoms with Gasteiger partial charge in [-0.05, 0) is 19.1 Å². The molecule has 6 nitrogen and oxygen atoms in total. The highest BCUT2D eigenvalue weighted by molar-refractivity contribution is 5.84. The zero-order chi connectivity index (χ0) is 17.7. The molecule has 0 fully saturated rings. The number of hydrogen-bond donors (Lipinski definition) is 2. The molecule has 10 heteroatoms. The van der Waals surface area contributed by atoms with Gasteiger partial charge in [-0.1, -0.05) is 0 Å². The van der Waals surface area contributed by atoms with Crippen molar-refractivity contribution in [1.29, 1.82) is 0 Å². The number of pyridine rings is 1. The normalized spacial score (nSPS) is 12.5. The number of amides is 1. The van der Waals surface area contributed by atoms with Crippen molar-refractivity contribution in [3.63, 3.8) is 0 Å². The molecule has 0 aliphatic carbocycles. The molecule has 2 rings (SSSR count). The highest BCUT2D eigenvalue weighted by Gasteiger charge is 2.29. The fourth-order valence-electron chi connectivity index (χ4n) is 1.71. The first-order valence-corrected chi connectivity index (χ1v) is 6.80. The molecule has 2 aromatic rings. The van der Waals surface area contributed by atoms with Gasteiger partial charge in [0.2, 0.25) is 5.91 Å². The van der Waals surface area contributed by atoms with Crippen molar-refractivity contribution in [2.75, 3.05) is 11.9 Å². The monoisotopic (exact) mass is 347 g/mol. The number of hydrogen-bond acceptors (Lipinski definition) is 5. The predicted octanol–water partition coefficient (Wildman–Crippen LogP) is 2.65. The summed E-state index contributed by atoms with van der Waals surface area (Å²) in [6, 6.07) is 2.17. The van der Waals surface area contributed by atoms with Gasteiger partial charge in [0.05, 0.1) is 6.20 Å². The van der Waals surface area contributed by atoms with Gasteiger partial charge in [-0.25, -0.2) is 14.4 Å². The number of aromatic nitrogens is 3. The molecule has 2 heterocycles. The fraction of sp³-hybridized carbons (Fsp3) is 0.286. The maximum absolute atomic E-state index is 13.8. The van der Waals surface area contributed by atoms with Crippen LogP contribution in [0.4, 0.5) is 23.4 Å². The van der Waals surface area contributed by atoms with E-state index in [2.05, 4.69) is 20.3 Å². The molecule has 1 atom stereocenters. The van der Waals surface area contributed by atoms with Crippen molar-refractivity contribution in [1.82, 2.24) is 20.3 Å². The minimum atomic E-state index is -4.52. The van der Waals surface area contributed by atoms with E-state index in [1.165, 1.54) is 13.1 Å². The molecule has 0 aromatic carbocycles. The Morgan fingerprint density at radius 3 is 2.75 bits per heavy atom. The van der Waals surface area contributed by atoms with Crippen molar-refractivity contribution in [2.24, 2.45) is 0 Å². The van der Waals surface area contributed by atoms with Gasteiger partial charge in [-0.3, -0.25) is 9.78 Å². The maximum Gasteiger partial charge on any atom is 0.405 e. The summed E-state index contributed by atoms with van der Waals surface area (Å²) in [6.45, 7) is -0.179. The molecular weight excluding hydrogens is 330 g/mol. The Labute approximate surface area is 137 Å². The zero-order valence-corrected chi connectivity index (χ0v) is 12.4. The fourth-order valence-corrected chi connectivity index (χ4v) is 1.71. The largest absolute Gasteiger partial charge is 0.405 e. The first kappa shape index (κ1) is 17.6. The SMILES string of the molecule is C[C@H](Nc1nc(-c2cccnc2)ncc1F)C(=O)NCC(F)(F)F.[HH].[HH]. The van der Waals surface area contributed by atoms with Crippen LogP contribution in [-0.2, 0) is 4.79 Å². The average molecular weight is 347 g/mol.